The predicted octanol–water partition coefficient (Wildman–Crippen LogP) is 2.94. The predicted molar refractivity (Wildman–Crippen MR) is 69.2 cm³/mol. The minimum absolute atomic E-state index is 0.0140. The van der Waals surface area contributed by atoms with Gasteiger partial charge >= 0.3 is 0 Å². The maximum Gasteiger partial charge on any atom is 0.0719 e. The summed E-state index contributed by atoms with van der Waals surface area (Å²) in [5.74, 6) is 1.08. The minimum Gasteiger partial charge on any atom is -0.391 e. The minimum atomic E-state index is -0.273. The average molecular weight is 227 g/mol. The van der Waals surface area contributed by atoms with Crippen molar-refractivity contribution in [2.75, 3.05) is 0 Å². The van der Waals surface area contributed by atoms with Crippen LogP contribution in [0.5, 0.6) is 0 Å². The van der Waals surface area contributed by atoms with Gasteiger partial charge in [0.15, 0.2) is 0 Å². The molecule has 2 heteroatoms. The molecule has 0 heterocycles. The molecule has 0 aromatic rings. The van der Waals surface area contributed by atoms with Gasteiger partial charge in [-0.25, -0.2) is 0 Å². The molecule has 2 nitrogen and oxygen atoms in total. The van der Waals surface area contributed by atoms with E-state index in [0.717, 1.165) is 19.3 Å². The summed E-state index contributed by atoms with van der Waals surface area (Å²) in [7, 11) is 0. The molecule has 0 bridgehead atoms. The molecule has 96 valence electrons. The van der Waals surface area contributed by atoms with Gasteiger partial charge in [-0.15, -0.1) is 0 Å². The van der Waals surface area contributed by atoms with E-state index in [4.69, 9.17) is 5.73 Å². The lowest BCUT2D eigenvalue weighted by Crippen LogP contribution is -2.48. The third kappa shape index (κ3) is 3.46. The van der Waals surface area contributed by atoms with Crippen molar-refractivity contribution in [3.8, 4) is 0 Å². The number of aliphatic hydroxyl groups is 1. The van der Waals surface area contributed by atoms with Crippen LogP contribution in [0.25, 0.3) is 0 Å². The van der Waals surface area contributed by atoms with Crippen LogP contribution in [0.2, 0.25) is 0 Å². The van der Waals surface area contributed by atoms with Gasteiger partial charge in [-0.05, 0) is 36.5 Å². The Morgan fingerprint density at radius 1 is 1.25 bits per heavy atom. The summed E-state index contributed by atoms with van der Waals surface area (Å²) in [6, 6.07) is -0.0140. The van der Waals surface area contributed by atoms with Crippen molar-refractivity contribution in [3.05, 3.63) is 0 Å². The molecule has 0 aromatic heterocycles. The topological polar surface area (TPSA) is 46.2 Å². The number of unbranched alkanes of at least 4 members (excludes halogenated alkanes) is 1. The van der Waals surface area contributed by atoms with Crippen molar-refractivity contribution >= 4 is 0 Å². The second kappa shape index (κ2) is 5.50. The van der Waals surface area contributed by atoms with Crippen LogP contribution in [0.4, 0.5) is 0 Å². The summed E-state index contributed by atoms with van der Waals surface area (Å²) in [5, 5.41) is 10.1. The zero-order chi connectivity index (χ0) is 12.3. The molecule has 0 aromatic carbocycles. The Morgan fingerprint density at radius 2 is 1.88 bits per heavy atom. The Hall–Kier alpha value is -0.0800. The molecule has 0 radical (unpaired) electrons. The summed E-state index contributed by atoms with van der Waals surface area (Å²) in [6.45, 7) is 9.08. The molecular weight excluding hydrogens is 198 g/mol. The van der Waals surface area contributed by atoms with Crippen LogP contribution in [0.3, 0.4) is 0 Å². The van der Waals surface area contributed by atoms with Crippen molar-refractivity contribution in [1.82, 2.24) is 0 Å². The van der Waals surface area contributed by atoms with Crippen LogP contribution in [0, 0.1) is 17.3 Å². The van der Waals surface area contributed by atoms with Crippen molar-refractivity contribution in [1.29, 1.82) is 0 Å². The molecule has 0 amide bonds. The zero-order valence-corrected chi connectivity index (χ0v) is 11.4. The fraction of sp³-hybridized carbons (Fsp3) is 1.00. The summed E-state index contributed by atoms with van der Waals surface area (Å²) in [6.07, 6.45) is 5.42. The third-order valence-electron chi connectivity index (χ3n) is 4.22. The van der Waals surface area contributed by atoms with E-state index in [-0.39, 0.29) is 12.1 Å². The smallest absolute Gasteiger partial charge is 0.0719 e. The lowest BCUT2D eigenvalue weighted by Gasteiger charge is -2.43. The molecule has 1 aliphatic rings. The molecule has 0 spiro atoms. The van der Waals surface area contributed by atoms with Crippen molar-refractivity contribution < 1.29 is 5.11 Å². The van der Waals surface area contributed by atoms with E-state index < -0.39 is 0 Å². The van der Waals surface area contributed by atoms with E-state index in [1.54, 1.807) is 0 Å². The number of hydrogen-bond acceptors (Lipinski definition) is 2. The molecule has 1 saturated carbocycles. The molecule has 4 atom stereocenters. The van der Waals surface area contributed by atoms with Crippen LogP contribution in [-0.4, -0.2) is 17.3 Å². The molecule has 1 fully saturated rings. The maximum atomic E-state index is 10.1. The monoisotopic (exact) mass is 227 g/mol. The van der Waals surface area contributed by atoms with Crippen LogP contribution < -0.4 is 5.73 Å². The number of rotatable bonds is 3. The van der Waals surface area contributed by atoms with Gasteiger partial charge in [0.1, 0.15) is 0 Å². The van der Waals surface area contributed by atoms with Gasteiger partial charge in [-0.3, -0.25) is 0 Å². The largest absolute Gasteiger partial charge is 0.391 e. The van der Waals surface area contributed by atoms with Gasteiger partial charge in [0.2, 0.25) is 0 Å². The number of hydrogen-bond donors (Lipinski definition) is 2. The Labute approximate surface area is 101 Å². The fourth-order valence-electron chi connectivity index (χ4n) is 2.88. The molecule has 16 heavy (non-hydrogen) atoms. The first-order valence-corrected chi connectivity index (χ1v) is 6.80. The van der Waals surface area contributed by atoms with E-state index in [2.05, 4.69) is 27.7 Å². The van der Waals surface area contributed by atoms with Gasteiger partial charge in [-0.2, -0.15) is 0 Å². The lowest BCUT2D eigenvalue weighted by molar-refractivity contribution is -0.00106. The van der Waals surface area contributed by atoms with Crippen molar-refractivity contribution in [2.45, 2.75) is 71.9 Å². The van der Waals surface area contributed by atoms with Gasteiger partial charge in [-0.1, -0.05) is 40.5 Å². The Balaban J connectivity index is 2.62. The summed E-state index contributed by atoms with van der Waals surface area (Å²) >= 11 is 0. The normalized spacial score (nSPS) is 36.4. The fourth-order valence-corrected chi connectivity index (χ4v) is 2.88. The molecule has 3 unspecified atom stereocenters. The summed E-state index contributed by atoms with van der Waals surface area (Å²) in [5.41, 5.74) is 6.40. The first-order valence-electron chi connectivity index (χ1n) is 6.80. The third-order valence-corrected chi connectivity index (χ3v) is 4.22. The molecule has 1 rings (SSSR count). The van der Waals surface area contributed by atoms with E-state index >= 15 is 0 Å². The molecule has 1 aliphatic carbocycles. The van der Waals surface area contributed by atoms with Crippen LogP contribution >= 0.6 is 0 Å². The van der Waals surface area contributed by atoms with Gasteiger partial charge in [0.05, 0.1) is 6.10 Å². The number of aliphatic hydroxyl groups excluding tert-OH is 1. The Bertz CT molecular complexity index is 209. The molecular formula is C14H29NO. The van der Waals surface area contributed by atoms with Gasteiger partial charge in [0, 0.05) is 6.04 Å². The Kier molecular flexibility index (Phi) is 4.81. The molecule has 0 aliphatic heterocycles. The molecule has 0 saturated heterocycles. The highest BCUT2D eigenvalue weighted by atomic mass is 16.3. The van der Waals surface area contributed by atoms with Crippen LogP contribution in [0.1, 0.15) is 59.8 Å². The zero-order valence-electron chi connectivity index (χ0n) is 11.4. The Morgan fingerprint density at radius 3 is 2.38 bits per heavy atom. The quantitative estimate of drug-likeness (QED) is 0.778. The van der Waals surface area contributed by atoms with E-state index in [1.807, 2.05) is 0 Å². The van der Waals surface area contributed by atoms with Gasteiger partial charge < -0.3 is 10.8 Å². The summed E-state index contributed by atoms with van der Waals surface area (Å²) < 4.78 is 0. The first kappa shape index (κ1) is 14.0. The van der Waals surface area contributed by atoms with Crippen LogP contribution in [0.15, 0.2) is 0 Å². The van der Waals surface area contributed by atoms with Crippen LogP contribution in [-0.2, 0) is 0 Å². The van der Waals surface area contributed by atoms with E-state index in [0.29, 0.717) is 17.3 Å². The average Bonchev–Trinajstić information content (AvgIpc) is 2.18. The lowest BCUT2D eigenvalue weighted by atomic mass is 9.66. The van der Waals surface area contributed by atoms with Crippen molar-refractivity contribution in [3.63, 3.8) is 0 Å². The van der Waals surface area contributed by atoms with E-state index in [9.17, 15) is 5.11 Å². The second-order valence-corrected chi connectivity index (χ2v) is 6.59. The summed E-state index contributed by atoms with van der Waals surface area (Å²) in [4.78, 5) is 0. The van der Waals surface area contributed by atoms with Gasteiger partial charge in [0.25, 0.3) is 0 Å². The second-order valence-electron chi connectivity index (χ2n) is 6.59. The van der Waals surface area contributed by atoms with Crippen molar-refractivity contribution in [2.24, 2.45) is 23.0 Å². The van der Waals surface area contributed by atoms with E-state index in [1.165, 1.54) is 12.8 Å². The highest BCUT2D eigenvalue weighted by Crippen LogP contribution is 2.41. The first-order chi connectivity index (χ1) is 7.36. The highest BCUT2D eigenvalue weighted by molar-refractivity contribution is 4.92. The standard InChI is InChI=1S/C14H29NO/c1-5-6-7-10-8-11(14(2,3)4)9-12(15)13(10)16/h10-13,16H,5-9,15H2,1-4H3/t10?,11?,12-,13?/m1/s1. The highest BCUT2D eigenvalue weighted by Gasteiger charge is 2.38. The molecule has 3 N–H and O–H groups in total. The number of nitrogens with two attached hydrogens (primary N) is 1. The SMILES string of the molecule is CCCCC1CC(C(C)(C)C)C[C@@H](N)C1O. The maximum absolute atomic E-state index is 10.1.